The molecule has 3 nitrogen and oxygen atoms in total. The lowest BCUT2D eigenvalue weighted by Crippen LogP contribution is -2.11. The van der Waals surface area contributed by atoms with Crippen LogP contribution in [0, 0.1) is 12.3 Å². The highest BCUT2D eigenvalue weighted by Crippen LogP contribution is 2.17. The van der Waals surface area contributed by atoms with Gasteiger partial charge in [0.25, 0.3) is 0 Å². The molecule has 1 atom stereocenters. The van der Waals surface area contributed by atoms with E-state index < -0.39 is 17.5 Å². The maximum Gasteiger partial charge on any atom is 0.322 e. The van der Waals surface area contributed by atoms with Gasteiger partial charge < -0.3 is 5.11 Å². The third-order valence-electron chi connectivity index (χ3n) is 1.32. The summed E-state index contributed by atoms with van der Waals surface area (Å²) < 4.78 is 24.3. The van der Waals surface area contributed by atoms with Crippen molar-refractivity contribution in [3.63, 3.8) is 0 Å². The number of nitrogens with zero attached hydrogens (tertiary/aromatic N) is 1. The normalized spacial score (nSPS) is 12.8. The summed E-state index contributed by atoms with van der Waals surface area (Å²) in [4.78, 5) is 10.0. The standard InChI is InChI=1S/C7H5F2NO2S/c1-2-4(11)5-3-10(6(8)9)7(12)13-5/h1,3-4,6,11H. The lowest BCUT2D eigenvalue weighted by atomic mass is 10.3. The Morgan fingerprint density at radius 2 is 2.31 bits per heavy atom. The van der Waals surface area contributed by atoms with Crippen molar-refractivity contribution in [2.75, 3.05) is 0 Å². The first-order valence-corrected chi connectivity index (χ1v) is 4.02. The summed E-state index contributed by atoms with van der Waals surface area (Å²) in [6, 6.07) is 0. The highest BCUT2D eigenvalue weighted by molar-refractivity contribution is 7.09. The molecule has 0 bridgehead atoms. The highest BCUT2D eigenvalue weighted by atomic mass is 32.1. The Hall–Kier alpha value is -1.19. The van der Waals surface area contributed by atoms with Crippen LogP contribution in [0.2, 0.25) is 0 Å². The molecule has 13 heavy (non-hydrogen) atoms. The zero-order valence-corrected chi connectivity index (χ0v) is 7.09. The molecule has 0 fully saturated rings. The van der Waals surface area contributed by atoms with Gasteiger partial charge in [0.2, 0.25) is 0 Å². The molecule has 0 aliphatic heterocycles. The molecule has 70 valence electrons. The van der Waals surface area contributed by atoms with E-state index in [2.05, 4.69) is 0 Å². The Morgan fingerprint density at radius 1 is 1.69 bits per heavy atom. The topological polar surface area (TPSA) is 42.2 Å². The summed E-state index contributed by atoms with van der Waals surface area (Å²) in [5.41, 5.74) is 0. The maximum atomic E-state index is 12.0. The summed E-state index contributed by atoms with van der Waals surface area (Å²) in [5, 5.41) is 9.03. The van der Waals surface area contributed by atoms with E-state index in [9.17, 15) is 13.6 Å². The second-order valence-electron chi connectivity index (χ2n) is 2.15. The number of aromatic nitrogens is 1. The minimum Gasteiger partial charge on any atom is -0.375 e. The van der Waals surface area contributed by atoms with Gasteiger partial charge in [-0.15, -0.1) is 6.42 Å². The summed E-state index contributed by atoms with van der Waals surface area (Å²) in [5.74, 6) is 1.93. The van der Waals surface area contributed by atoms with Crippen LogP contribution in [0.5, 0.6) is 0 Å². The van der Waals surface area contributed by atoms with Gasteiger partial charge in [0.15, 0.2) is 6.10 Å². The fourth-order valence-electron chi connectivity index (χ4n) is 0.714. The van der Waals surface area contributed by atoms with E-state index in [1.165, 1.54) is 0 Å². The first-order valence-electron chi connectivity index (χ1n) is 3.20. The predicted molar refractivity (Wildman–Crippen MR) is 43.6 cm³/mol. The molecule has 1 heterocycles. The molecular weight excluding hydrogens is 200 g/mol. The lowest BCUT2D eigenvalue weighted by Gasteiger charge is -1.97. The van der Waals surface area contributed by atoms with Gasteiger partial charge in [0.05, 0.1) is 4.88 Å². The van der Waals surface area contributed by atoms with Gasteiger partial charge in [-0.1, -0.05) is 17.3 Å². The molecule has 0 saturated carbocycles. The van der Waals surface area contributed by atoms with Crippen LogP contribution in [0.3, 0.4) is 0 Å². The molecule has 0 aliphatic rings. The van der Waals surface area contributed by atoms with Gasteiger partial charge >= 0.3 is 11.4 Å². The number of halogens is 2. The van der Waals surface area contributed by atoms with Crippen LogP contribution < -0.4 is 4.87 Å². The molecule has 1 unspecified atom stereocenters. The van der Waals surface area contributed by atoms with Crippen molar-refractivity contribution in [2.45, 2.75) is 12.7 Å². The molecule has 0 radical (unpaired) electrons. The molecule has 1 rings (SSSR count). The van der Waals surface area contributed by atoms with E-state index in [0.29, 0.717) is 11.3 Å². The Morgan fingerprint density at radius 3 is 2.69 bits per heavy atom. The van der Waals surface area contributed by atoms with Crippen molar-refractivity contribution in [2.24, 2.45) is 0 Å². The first kappa shape index (κ1) is 9.89. The van der Waals surface area contributed by atoms with Gasteiger partial charge in [0.1, 0.15) is 0 Å². The maximum absolute atomic E-state index is 12.0. The molecule has 0 aliphatic carbocycles. The van der Waals surface area contributed by atoms with Gasteiger partial charge in [-0.3, -0.25) is 4.79 Å². The fraction of sp³-hybridized carbons (Fsp3) is 0.286. The van der Waals surface area contributed by atoms with Crippen LogP contribution >= 0.6 is 11.3 Å². The third-order valence-corrected chi connectivity index (χ3v) is 2.27. The van der Waals surface area contributed by atoms with E-state index in [1.54, 1.807) is 0 Å². The third kappa shape index (κ3) is 1.94. The zero-order chi connectivity index (χ0) is 10.0. The molecule has 0 amide bonds. The molecule has 6 heteroatoms. The summed E-state index contributed by atoms with van der Waals surface area (Å²) >= 11 is 0.510. The molecule has 0 aromatic carbocycles. The molecule has 0 saturated heterocycles. The van der Waals surface area contributed by atoms with E-state index >= 15 is 0 Å². The van der Waals surface area contributed by atoms with Crippen LogP contribution in [0.4, 0.5) is 8.78 Å². The summed E-state index contributed by atoms with van der Waals surface area (Å²) in [6.45, 7) is -2.90. The second kappa shape index (κ2) is 3.68. The average molecular weight is 205 g/mol. The number of aliphatic hydroxyl groups excluding tert-OH is 1. The zero-order valence-electron chi connectivity index (χ0n) is 6.28. The van der Waals surface area contributed by atoms with Crippen molar-refractivity contribution < 1.29 is 13.9 Å². The molecule has 0 spiro atoms. The largest absolute Gasteiger partial charge is 0.375 e. The predicted octanol–water partition coefficient (Wildman–Crippen LogP) is 0.972. The summed E-state index contributed by atoms with van der Waals surface area (Å²) in [6.07, 6.45) is 4.42. The van der Waals surface area contributed by atoms with Gasteiger partial charge in [-0.25, -0.2) is 4.57 Å². The van der Waals surface area contributed by atoms with Crippen molar-refractivity contribution >= 4 is 11.3 Å². The van der Waals surface area contributed by atoms with Crippen LogP contribution in [-0.4, -0.2) is 9.67 Å². The Kier molecular flexibility index (Phi) is 2.80. The second-order valence-corrected chi connectivity index (χ2v) is 3.18. The Labute approximate surface area is 76.2 Å². The molecular formula is C7H5F2NO2S. The molecule has 1 N–H and O–H groups in total. The number of rotatable bonds is 2. The van der Waals surface area contributed by atoms with Gasteiger partial charge in [-0.05, 0) is 0 Å². The Bertz CT molecular complexity index is 390. The van der Waals surface area contributed by atoms with Crippen LogP contribution in [0.1, 0.15) is 17.5 Å². The van der Waals surface area contributed by atoms with E-state index in [-0.39, 0.29) is 9.44 Å². The first-order chi connectivity index (χ1) is 6.06. The van der Waals surface area contributed by atoms with Gasteiger partial charge in [0, 0.05) is 6.20 Å². The summed E-state index contributed by atoms with van der Waals surface area (Å²) in [7, 11) is 0. The monoisotopic (exact) mass is 205 g/mol. The van der Waals surface area contributed by atoms with Crippen molar-refractivity contribution in [3.05, 3.63) is 20.7 Å². The number of hydrogen-bond donors (Lipinski definition) is 1. The van der Waals surface area contributed by atoms with E-state index in [4.69, 9.17) is 11.5 Å². The number of hydrogen-bond acceptors (Lipinski definition) is 3. The minimum atomic E-state index is -2.90. The molecule has 1 aromatic heterocycles. The smallest absolute Gasteiger partial charge is 0.322 e. The Balaban J connectivity index is 3.11. The number of terminal acetylenes is 1. The van der Waals surface area contributed by atoms with Crippen LogP contribution in [-0.2, 0) is 0 Å². The number of alkyl halides is 2. The number of aliphatic hydroxyl groups is 1. The fourth-order valence-corrected chi connectivity index (χ4v) is 1.50. The minimum absolute atomic E-state index is 0.0489. The quantitative estimate of drug-likeness (QED) is 0.731. The van der Waals surface area contributed by atoms with Crippen molar-refractivity contribution in [1.82, 2.24) is 4.57 Å². The van der Waals surface area contributed by atoms with E-state index in [0.717, 1.165) is 6.20 Å². The van der Waals surface area contributed by atoms with Gasteiger partial charge in [-0.2, -0.15) is 8.78 Å². The average Bonchev–Trinajstić information content (AvgIpc) is 2.46. The van der Waals surface area contributed by atoms with Crippen molar-refractivity contribution in [3.8, 4) is 12.3 Å². The number of thiazole rings is 1. The SMILES string of the molecule is C#CC(O)c1cn(C(F)F)c(=O)s1. The lowest BCUT2D eigenvalue weighted by molar-refractivity contribution is 0.0677. The van der Waals surface area contributed by atoms with Crippen molar-refractivity contribution in [1.29, 1.82) is 0 Å². The van der Waals surface area contributed by atoms with Crippen LogP contribution in [0.25, 0.3) is 0 Å². The van der Waals surface area contributed by atoms with Crippen LogP contribution in [0.15, 0.2) is 11.0 Å². The van der Waals surface area contributed by atoms with E-state index in [1.807, 2.05) is 5.92 Å². The highest BCUT2D eigenvalue weighted by Gasteiger charge is 2.15. The molecule has 1 aromatic rings.